The number of hydrogen-bond donors (Lipinski definition) is 0. The summed E-state index contributed by atoms with van der Waals surface area (Å²) in [5.74, 6) is 0.913. The lowest BCUT2D eigenvalue weighted by Gasteiger charge is -2.17. The van der Waals surface area contributed by atoms with Gasteiger partial charge in [-0.1, -0.05) is 79.7 Å². The molecule has 0 atom stereocenters. The molecule has 0 fully saturated rings. The number of ether oxygens (including phenoxy) is 1. The van der Waals surface area contributed by atoms with E-state index < -0.39 is 0 Å². The van der Waals surface area contributed by atoms with E-state index in [0.717, 1.165) is 18.7 Å². The van der Waals surface area contributed by atoms with Gasteiger partial charge in [-0.05, 0) is 60.5 Å². The van der Waals surface area contributed by atoms with Crippen molar-refractivity contribution in [3.8, 4) is 5.75 Å². The Hall–Kier alpha value is -2.84. The third-order valence-electron chi connectivity index (χ3n) is 4.77. The van der Waals surface area contributed by atoms with Crippen LogP contribution in [0.3, 0.4) is 0 Å². The monoisotopic (exact) mass is 371 g/mol. The van der Waals surface area contributed by atoms with Crippen LogP contribution in [-0.4, -0.2) is 32.1 Å². The Labute approximate surface area is 169 Å². The summed E-state index contributed by atoms with van der Waals surface area (Å²) in [5, 5.41) is 0. The quantitative estimate of drug-likeness (QED) is 0.451. The summed E-state index contributed by atoms with van der Waals surface area (Å²) in [6.45, 7) is 3.80. The van der Waals surface area contributed by atoms with Crippen molar-refractivity contribution in [1.29, 1.82) is 0 Å². The highest BCUT2D eigenvalue weighted by Crippen LogP contribution is 2.35. The molecule has 0 heterocycles. The lowest BCUT2D eigenvalue weighted by Crippen LogP contribution is -2.19. The van der Waals surface area contributed by atoms with E-state index in [1.165, 1.54) is 27.8 Å². The second-order valence-electron chi connectivity index (χ2n) is 7.12. The largest absolute Gasteiger partial charge is 0.492 e. The highest BCUT2D eigenvalue weighted by molar-refractivity contribution is 5.98. The SMILES string of the molecule is CC/C(=C(\c1ccccc1)c1cccc(OCCN(C)C)c1)c1ccccc1. The van der Waals surface area contributed by atoms with Crippen molar-refractivity contribution in [3.05, 3.63) is 102 Å². The standard InChI is InChI=1S/C26H29NO/c1-4-25(21-12-7-5-8-13-21)26(22-14-9-6-10-15-22)23-16-11-17-24(20-23)28-19-18-27(2)3/h5-17,20H,4,18-19H2,1-3H3/b26-25-. The Morgan fingerprint density at radius 1 is 0.750 bits per heavy atom. The van der Waals surface area contributed by atoms with Crippen molar-refractivity contribution >= 4 is 11.1 Å². The van der Waals surface area contributed by atoms with Gasteiger partial charge >= 0.3 is 0 Å². The first-order chi connectivity index (χ1) is 13.7. The van der Waals surface area contributed by atoms with E-state index >= 15 is 0 Å². The fraction of sp³-hybridized carbons (Fsp3) is 0.231. The maximum atomic E-state index is 6.00. The van der Waals surface area contributed by atoms with E-state index in [1.54, 1.807) is 0 Å². The summed E-state index contributed by atoms with van der Waals surface area (Å²) in [5.41, 5.74) is 6.30. The number of hydrogen-bond acceptors (Lipinski definition) is 2. The Kier molecular flexibility index (Phi) is 7.05. The van der Waals surface area contributed by atoms with E-state index in [4.69, 9.17) is 4.74 Å². The first-order valence-corrected chi connectivity index (χ1v) is 9.91. The summed E-state index contributed by atoms with van der Waals surface area (Å²) in [7, 11) is 4.12. The smallest absolute Gasteiger partial charge is 0.119 e. The molecular weight excluding hydrogens is 342 g/mol. The molecule has 0 amide bonds. The zero-order valence-electron chi connectivity index (χ0n) is 17.1. The van der Waals surface area contributed by atoms with Crippen LogP contribution in [0.25, 0.3) is 11.1 Å². The zero-order chi connectivity index (χ0) is 19.8. The highest BCUT2D eigenvalue weighted by atomic mass is 16.5. The van der Waals surface area contributed by atoms with Gasteiger partial charge in [0, 0.05) is 6.54 Å². The summed E-state index contributed by atoms with van der Waals surface area (Å²) in [6.07, 6.45) is 0.958. The first-order valence-electron chi connectivity index (χ1n) is 9.91. The van der Waals surface area contributed by atoms with Gasteiger partial charge in [0.1, 0.15) is 12.4 Å². The van der Waals surface area contributed by atoms with Gasteiger partial charge < -0.3 is 9.64 Å². The molecule has 0 aliphatic heterocycles. The lowest BCUT2D eigenvalue weighted by atomic mass is 9.88. The minimum Gasteiger partial charge on any atom is -0.492 e. The van der Waals surface area contributed by atoms with Gasteiger partial charge in [-0.15, -0.1) is 0 Å². The number of benzene rings is 3. The minimum atomic E-state index is 0.681. The van der Waals surface area contributed by atoms with Crippen LogP contribution in [0.5, 0.6) is 5.75 Å². The van der Waals surface area contributed by atoms with Crippen LogP contribution in [0.2, 0.25) is 0 Å². The molecule has 0 N–H and O–H groups in total. The van der Waals surface area contributed by atoms with Crippen molar-refractivity contribution in [2.45, 2.75) is 13.3 Å². The van der Waals surface area contributed by atoms with Crippen LogP contribution in [0.15, 0.2) is 84.9 Å². The van der Waals surface area contributed by atoms with Gasteiger partial charge in [0.25, 0.3) is 0 Å². The van der Waals surface area contributed by atoms with E-state index in [1.807, 2.05) is 6.07 Å². The van der Waals surface area contributed by atoms with Crippen LogP contribution in [0, 0.1) is 0 Å². The predicted octanol–water partition coefficient (Wildman–Crippen LogP) is 6.00. The molecule has 0 bridgehead atoms. The van der Waals surface area contributed by atoms with Gasteiger partial charge in [-0.2, -0.15) is 0 Å². The fourth-order valence-corrected chi connectivity index (χ4v) is 3.37. The number of likely N-dealkylation sites (N-methyl/N-ethyl adjacent to an activating group) is 1. The third-order valence-corrected chi connectivity index (χ3v) is 4.77. The highest BCUT2D eigenvalue weighted by Gasteiger charge is 2.13. The van der Waals surface area contributed by atoms with Gasteiger partial charge in [0.2, 0.25) is 0 Å². The first kappa shape index (κ1) is 19.9. The van der Waals surface area contributed by atoms with E-state index in [0.29, 0.717) is 6.61 Å². The summed E-state index contributed by atoms with van der Waals surface area (Å²) in [4.78, 5) is 2.13. The Bertz CT molecular complexity index is 898. The fourth-order valence-electron chi connectivity index (χ4n) is 3.37. The molecule has 3 aromatic carbocycles. The maximum Gasteiger partial charge on any atom is 0.119 e. The van der Waals surface area contributed by atoms with Crippen molar-refractivity contribution in [3.63, 3.8) is 0 Å². The molecule has 0 aliphatic carbocycles. The lowest BCUT2D eigenvalue weighted by molar-refractivity contribution is 0.261. The minimum absolute atomic E-state index is 0.681. The average molecular weight is 372 g/mol. The summed E-state index contributed by atoms with van der Waals surface area (Å²) >= 11 is 0. The van der Waals surface area contributed by atoms with Crippen molar-refractivity contribution in [1.82, 2.24) is 4.90 Å². The second-order valence-corrected chi connectivity index (χ2v) is 7.12. The van der Waals surface area contributed by atoms with Gasteiger partial charge in [0.05, 0.1) is 0 Å². The normalized spacial score (nSPS) is 12.0. The topological polar surface area (TPSA) is 12.5 Å². The average Bonchev–Trinajstić information content (AvgIpc) is 2.73. The zero-order valence-corrected chi connectivity index (χ0v) is 17.1. The van der Waals surface area contributed by atoms with Crippen LogP contribution in [0.4, 0.5) is 0 Å². The third kappa shape index (κ3) is 5.11. The van der Waals surface area contributed by atoms with Crippen LogP contribution in [0.1, 0.15) is 30.0 Å². The molecule has 0 saturated carbocycles. The molecule has 0 radical (unpaired) electrons. The summed E-state index contributed by atoms with van der Waals surface area (Å²) in [6, 6.07) is 29.8. The molecule has 0 aliphatic rings. The maximum absolute atomic E-state index is 6.00. The molecule has 2 heteroatoms. The number of nitrogens with zero attached hydrogens (tertiary/aromatic N) is 1. The molecular formula is C26H29NO. The van der Waals surface area contributed by atoms with Crippen LogP contribution >= 0.6 is 0 Å². The van der Waals surface area contributed by atoms with Crippen LogP contribution < -0.4 is 4.74 Å². The Morgan fingerprint density at radius 3 is 1.96 bits per heavy atom. The number of allylic oxidation sites excluding steroid dienone is 1. The van der Waals surface area contributed by atoms with Crippen LogP contribution in [-0.2, 0) is 0 Å². The molecule has 0 saturated heterocycles. The van der Waals surface area contributed by atoms with Crippen molar-refractivity contribution in [2.24, 2.45) is 0 Å². The molecule has 28 heavy (non-hydrogen) atoms. The molecule has 144 valence electrons. The Morgan fingerprint density at radius 2 is 1.36 bits per heavy atom. The van der Waals surface area contributed by atoms with E-state index in [2.05, 4.69) is 105 Å². The molecule has 0 spiro atoms. The van der Waals surface area contributed by atoms with Crippen molar-refractivity contribution < 1.29 is 4.74 Å². The Balaban J connectivity index is 2.07. The molecule has 2 nitrogen and oxygen atoms in total. The van der Waals surface area contributed by atoms with Crippen molar-refractivity contribution in [2.75, 3.05) is 27.2 Å². The molecule has 0 unspecified atom stereocenters. The van der Waals surface area contributed by atoms with Gasteiger partial charge in [-0.25, -0.2) is 0 Å². The van der Waals surface area contributed by atoms with E-state index in [-0.39, 0.29) is 0 Å². The van der Waals surface area contributed by atoms with E-state index in [9.17, 15) is 0 Å². The van der Waals surface area contributed by atoms with Gasteiger partial charge in [-0.3, -0.25) is 0 Å². The number of rotatable bonds is 8. The second kappa shape index (κ2) is 9.91. The molecule has 3 rings (SSSR count). The summed E-state index contributed by atoms with van der Waals surface area (Å²) < 4.78 is 6.00. The molecule has 3 aromatic rings. The predicted molar refractivity (Wildman–Crippen MR) is 120 cm³/mol. The molecule has 0 aromatic heterocycles. The van der Waals surface area contributed by atoms with Gasteiger partial charge in [0.15, 0.2) is 0 Å².